The van der Waals surface area contributed by atoms with Crippen LogP contribution in [0.1, 0.15) is 60.3 Å². The van der Waals surface area contributed by atoms with Crippen molar-refractivity contribution in [3.8, 4) is 0 Å². The van der Waals surface area contributed by atoms with Gasteiger partial charge in [-0.15, -0.1) is 0 Å². The van der Waals surface area contributed by atoms with E-state index in [1.165, 1.54) is 12.8 Å². The number of carboxylic acid groups (broad SMARTS) is 1. The van der Waals surface area contributed by atoms with Crippen molar-refractivity contribution >= 4 is 5.97 Å². The Bertz CT molecular complexity index is 364. The average Bonchev–Trinajstić information content (AvgIpc) is 2.60. The first kappa shape index (κ1) is 14.8. The Labute approximate surface area is 117 Å². The van der Waals surface area contributed by atoms with Crippen molar-refractivity contribution in [3.05, 3.63) is 0 Å². The lowest BCUT2D eigenvalue weighted by Crippen LogP contribution is -2.51. The molecule has 110 valence electrons. The molecule has 0 aromatic carbocycles. The van der Waals surface area contributed by atoms with E-state index >= 15 is 0 Å². The topological polar surface area (TPSA) is 49.3 Å². The van der Waals surface area contributed by atoms with Crippen LogP contribution in [0.2, 0.25) is 0 Å². The van der Waals surface area contributed by atoms with Crippen LogP contribution >= 0.6 is 0 Å². The molecular formula is C16H29NO2. The summed E-state index contributed by atoms with van der Waals surface area (Å²) in [5.74, 6) is 0.467. The van der Waals surface area contributed by atoms with Gasteiger partial charge in [-0.1, -0.05) is 34.6 Å². The van der Waals surface area contributed by atoms with Crippen LogP contribution in [0, 0.1) is 22.7 Å². The van der Waals surface area contributed by atoms with E-state index in [0.29, 0.717) is 23.8 Å². The predicted molar refractivity (Wildman–Crippen MR) is 77.0 cm³/mol. The molecule has 0 amide bonds. The number of aliphatic carboxylic acids is 1. The van der Waals surface area contributed by atoms with Crippen LogP contribution in [0.5, 0.6) is 0 Å². The minimum atomic E-state index is -0.696. The number of carboxylic acids is 1. The fraction of sp³-hybridized carbons (Fsp3) is 0.938. The summed E-state index contributed by atoms with van der Waals surface area (Å²) in [5.41, 5.74) is 0.591. The molecule has 19 heavy (non-hydrogen) atoms. The highest BCUT2D eigenvalue weighted by Crippen LogP contribution is 2.65. The van der Waals surface area contributed by atoms with Crippen molar-refractivity contribution in [2.75, 3.05) is 0 Å². The molecule has 0 aromatic rings. The number of fused-ring (bicyclic) bond motifs is 2. The van der Waals surface area contributed by atoms with E-state index in [1.54, 1.807) is 0 Å². The first-order valence-electron chi connectivity index (χ1n) is 7.67. The molecule has 2 bridgehead atoms. The first-order valence-corrected chi connectivity index (χ1v) is 7.67. The van der Waals surface area contributed by atoms with Gasteiger partial charge in [0.2, 0.25) is 0 Å². The fourth-order valence-electron chi connectivity index (χ4n) is 4.41. The molecule has 2 N–H and O–H groups in total. The highest BCUT2D eigenvalue weighted by atomic mass is 16.4. The van der Waals surface area contributed by atoms with Crippen molar-refractivity contribution in [3.63, 3.8) is 0 Å². The third-order valence-electron chi connectivity index (χ3n) is 6.20. The van der Waals surface area contributed by atoms with Crippen LogP contribution < -0.4 is 5.32 Å². The summed E-state index contributed by atoms with van der Waals surface area (Å²) in [6.45, 7) is 11.3. The predicted octanol–water partition coefficient (Wildman–Crippen LogP) is 3.29. The Balaban J connectivity index is 2.10. The summed E-state index contributed by atoms with van der Waals surface area (Å²) in [7, 11) is 0. The highest BCUT2D eigenvalue weighted by molar-refractivity contribution is 5.73. The molecule has 4 atom stereocenters. The van der Waals surface area contributed by atoms with Crippen molar-refractivity contribution in [2.45, 2.75) is 72.4 Å². The normalized spacial score (nSPS) is 37.8. The molecule has 2 fully saturated rings. The lowest BCUT2D eigenvalue weighted by Gasteiger charge is -2.40. The van der Waals surface area contributed by atoms with Crippen molar-refractivity contribution < 1.29 is 9.90 Å². The molecule has 3 unspecified atom stereocenters. The maximum Gasteiger partial charge on any atom is 0.320 e. The molecule has 0 radical (unpaired) electrons. The maximum atomic E-state index is 11.4. The minimum absolute atomic E-state index is 0.252. The average molecular weight is 267 g/mol. The lowest BCUT2D eigenvalue weighted by molar-refractivity contribution is -0.140. The Morgan fingerprint density at radius 2 is 2.00 bits per heavy atom. The van der Waals surface area contributed by atoms with Crippen LogP contribution in [0.15, 0.2) is 0 Å². The zero-order valence-corrected chi connectivity index (χ0v) is 13.0. The molecule has 0 spiro atoms. The van der Waals surface area contributed by atoms with Crippen LogP contribution in [-0.2, 0) is 4.79 Å². The Morgan fingerprint density at radius 1 is 1.37 bits per heavy atom. The number of rotatable bonds is 5. The van der Waals surface area contributed by atoms with Gasteiger partial charge in [0.1, 0.15) is 6.04 Å². The zero-order valence-electron chi connectivity index (χ0n) is 13.0. The number of nitrogens with one attached hydrogen (secondary N) is 1. The molecule has 0 aromatic heterocycles. The van der Waals surface area contributed by atoms with Gasteiger partial charge in [0.15, 0.2) is 0 Å². The van der Waals surface area contributed by atoms with Gasteiger partial charge < -0.3 is 10.4 Å². The largest absolute Gasteiger partial charge is 0.480 e. The Morgan fingerprint density at radius 3 is 2.37 bits per heavy atom. The second-order valence-corrected chi connectivity index (χ2v) is 7.85. The maximum absolute atomic E-state index is 11.4. The van der Waals surface area contributed by atoms with Gasteiger partial charge in [-0.05, 0) is 48.3 Å². The standard InChI is InChI=1S/C16H29NO2/c1-10(2)8-12(14(18)19)17-13-9-11-6-7-16(13,5)15(11,3)4/h10-13,17H,6-9H2,1-5H3,(H,18,19)/t11?,12-,13?,16?/m0/s1. The summed E-state index contributed by atoms with van der Waals surface area (Å²) >= 11 is 0. The third kappa shape index (κ3) is 2.31. The van der Waals surface area contributed by atoms with Gasteiger partial charge in [-0.25, -0.2) is 0 Å². The van der Waals surface area contributed by atoms with E-state index in [1.807, 2.05) is 0 Å². The molecule has 0 heterocycles. The van der Waals surface area contributed by atoms with Crippen molar-refractivity contribution in [1.82, 2.24) is 5.32 Å². The Hall–Kier alpha value is -0.570. The number of carbonyl (C=O) groups is 1. The molecule has 2 aliphatic carbocycles. The van der Waals surface area contributed by atoms with Gasteiger partial charge >= 0.3 is 5.97 Å². The lowest BCUT2D eigenvalue weighted by atomic mass is 9.69. The number of hydrogen-bond acceptors (Lipinski definition) is 2. The van der Waals surface area contributed by atoms with Crippen LogP contribution in [-0.4, -0.2) is 23.2 Å². The van der Waals surface area contributed by atoms with Crippen LogP contribution in [0.3, 0.4) is 0 Å². The molecule has 3 heteroatoms. The van der Waals surface area contributed by atoms with Gasteiger partial charge in [0, 0.05) is 6.04 Å². The molecule has 0 aliphatic heterocycles. The van der Waals surface area contributed by atoms with Crippen LogP contribution in [0.4, 0.5) is 0 Å². The van der Waals surface area contributed by atoms with E-state index in [2.05, 4.69) is 39.9 Å². The first-order chi connectivity index (χ1) is 8.68. The summed E-state index contributed by atoms with van der Waals surface area (Å²) < 4.78 is 0. The molecule has 2 aliphatic rings. The molecule has 0 saturated heterocycles. The van der Waals surface area contributed by atoms with E-state index in [9.17, 15) is 9.90 Å². The fourth-order valence-corrected chi connectivity index (χ4v) is 4.41. The summed E-state index contributed by atoms with van der Waals surface area (Å²) in [6.07, 6.45) is 4.40. The quantitative estimate of drug-likeness (QED) is 0.803. The SMILES string of the molecule is CC(C)C[C@H](NC1CC2CCC1(C)C2(C)C)C(=O)O. The summed E-state index contributed by atoms with van der Waals surface area (Å²) in [4.78, 5) is 11.4. The second kappa shape index (κ2) is 4.76. The third-order valence-corrected chi connectivity index (χ3v) is 6.20. The highest BCUT2D eigenvalue weighted by Gasteiger charge is 2.61. The summed E-state index contributed by atoms with van der Waals surface area (Å²) in [6, 6.07) is -0.0296. The molecular weight excluding hydrogens is 238 g/mol. The zero-order chi connectivity index (χ0) is 14.4. The van der Waals surface area contributed by atoms with E-state index < -0.39 is 12.0 Å². The second-order valence-electron chi connectivity index (χ2n) is 7.85. The monoisotopic (exact) mass is 267 g/mol. The molecule has 3 nitrogen and oxygen atoms in total. The minimum Gasteiger partial charge on any atom is -0.480 e. The van der Waals surface area contributed by atoms with Gasteiger partial charge in [-0.2, -0.15) is 0 Å². The van der Waals surface area contributed by atoms with Crippen molar-refractivity contribution in [2.24, 2.45) is 22.7 Å². The smallest absolute Gasteiger partial charge is 0.320 e. The van der Waals surface area contributed by atoms with Crippen molar-refractivity contribution in [1.29, 1.82) is 0 Å². The van der Waals surface area contributed by atoms with Crippen LogP contribution in [0.25, 0.3) is 0 Å². The molecule has 2 saturated carbocycles. The Kier molecular flexibility index (Phi) is 3.72. The van der Waals surface area contributed by atoms with E-state index in [-0.39, 0.29) is 5.41 Å². The van der Waals surface area contributed by atoms with Gasteiger partial charge in [-0.3, -0.25) is 4.79 Å². The summed E-state index contributed by atoms with van der Waals surface area (Å²) in [5, 5.41) is 12.9. The van der Waals surface area contributed by atoms with E-state index in [4.69, 9.17) is 0 Å². The number of hydrogen-bond donors (Lipinski definition) is 2. The molecule has 2 rings (SSSR count). The van der Waals surface area contributed by atoms with Gasteiger partial charge in [0.05, 0.1) is 0 Å². The van der Waals surface area contributed by atoms with Gasteiger partial charge in [0.25, 0.3) is 0 Å². The van der Waals surface area contributed by atoms with E-state index in [0.717, 1.165) is 12.3 Å².